The lowest BCUT2D eigenvalue weighted by Gasteiger charge is -2.33. The summed E-state index contributed by atoms with van der Waals surface area (Å²) in [5, 5.41) is 3.38. The minimum atomic E-state index is 0.945. The molecule has 0 aromatic heterocycles. The van der Waals surface area contributed by atoms with E-state index in [9.17, 15) is 0 Å². The quantitative estimate of drug-likeness (QED) is 0.893. The summed E-state index contributed by atoms with van der Waals surface area (Å²) in [7, 11) is 3.88. The Labute approximate surface area is 116 Å². The van der Waals surface area contributed by atoms with Gasteiger partial charge in [-0.15, -0.1) is 0 Å². The van der Waals surface area contributed by atoms with Crippen molar-refractivity contribution in [1.82, 2.24) is 10.2 Å². The summed E-state index contributed by atoms with van der Waals surface area (Å²) in [6.07, 6.45) is 0. The van der Waals surface area contributed by atoms with Gasteiger partial charge in [-0.1, -0.05) is 0 Å². The van der Waals surface area contributed by atoms with E-state index in [2.05, 4.69) is 48.1 Å². The summed E-state index contributed by atoms with van der Waals surface area (Å²) in [5.41, 5.74) is 3.75. The molecule has 0 bridgehead atoms. The zero-order valence-corrected chi connectivity index (χ0v) is 12.5. The minimum Gasteiger partial charge on any atom is -0.495 e. The van der Waals surface area contributed by atoms with E-state index in [4.69, 9.17) is 4.74 Å². The van der Waals surface area contributed by atoms with Crippen molar-refractivity contribution in [3.05, 3.63) is 23.3 Å². The van der Waals surface area contributed by atoms with Gasteiger partial charge in [0.2, 0.25) is 0 Å². The van der Waals surface area contributed by atoms with Crippen LogP contribution in [0.2, 0.25) is 0 Å². The third-order valence-corrected chi connectivity index (χ3v) is 3.83. The summed E-state index contributed by atoms with van der Waals surface area (Å²) in [4.78, 5) is 4.74. The highest BCUT2D eigenvalue weighted by atomic mass is 16.5. The number of piperazine rings is 1. The van der Waals surface area contributed by atoms with Crippen molar-refractivity contribution >= 4 is 5.69 Å². The maximum Gasteiger partial charge on any atom is 0.142 e. The smallest absolute Gasteiger partial charge is 0.142 e. The van der Waals surface area contributed by atoms with Crippen molar-refractivity contribution in [3.63, 3.8) is 0 Å². The lowest BCUT2D eigenvalue weighted by molar-refractivity contribution is 0.243. The zero-order valence-electron chi connectivity index (χ0n) is 12.5. The number of ether oxygens (including phenoxy) is 1. The molecule has 4 heteroatoms. The molecule has 2 rings (SSSR count). The number of nitrogens with one attached hydrogen (secondary N) is 1. The average molecular weight is 263 g/mol. The van der Waals surface area contributed by atoms with Crippen LogP contribution in [-0.2, 0) is 0 Å². The molecule has 0 spiro atoms. The van der Waals surface area contributed by atoms with Crippen LogP contribution in [0.25, 0.3) is 0 Å². The van der Waals surface area contributed by atoms with Gasteiger partial charge in [0.15, 0.2) is 0 Å². The second-order valence-corrected chi connectivity index (χ2v) is 5.32. The van der Waals surface area contributed by atoms with Gasteiger partial charge in [-0.3, -0.25) is 4.90 Å². The van der Waals surface area contributed by atoms with Gasteiger partial charge in [0.1, 0.15) is 5.75 Å². The van der Waals surface area contributed by atoms with Gasteiger partial charge in [0.05, 0.1) is 19.5 Å². The van der Waals surface area contributed by atoms with Gasteiger partial charge in [0.25, 0.3) is 0 Å². The number of anilines is 1. The molecule has 1 heterocycles. The van der Waals surface area contributed by atoms with E-state index in [0.29, 0.717) is 0 Å². The van der Waals surface area contributed by atoms with E-state index >= 15 is 0 Å². The maximum absolute atomic E-state index is 5.52. The van der Waals surface area contributed by atoms with Crippen molar-refractivity contribution in [2.45, 2.75) is 13.8 Å². The molecule has 1 N–H and O–H groups in total. The van der Waals surface area contributed by atoms with Gasteiger partial charge in [-0.25, -0.2) is 0 Å². The molecule has 0 radical (unpaired) electrons. The highest BCUT2D eigenvalue weighted by Crippen LogP contribution is 2.30. The molecule has 0 atom stereocenters. The Morgan fingerprint density at radius 2 is 1.84 bits per heavy atom. The topological polar surface area (TPSA) is 27.7 Å². The number of aryl methyl sites for hydroxylation is 2. The van der Waals surface area contributed by atoms with Gasteiger partial charge < -0.3 is 15.0 Å². The van der Waals surface area contributed by atoms with E-state index in [1.807, 2.05) is 0 Å². The Morgan fingerprint density at radius 3 is 2.47 bits per heavy atom. The molecule has 1 fully saturated rings. The van der Waals surface area contributed by atoms with E-state index in [1.54, 1.807) is 7.11 Å². The Hall–Kier alpha value is -1.26. The highest BCUT2D eigenvalue weighted by molar-refractivity contribution is 5.61. The number of rotatable bonds is 4. The predicted octanol–water partition coefficient (Wildman–Crippen LogP) is 1.61. The first kappa shape index (κ1) is 14.2. The van der Waals surface area contributed by atoms with E-state index < -0.39 is 0 Å². The molecule has 1 aromatic rings. The van der Waals surface area contributed by atoms with Crippen molar-refractivity contribution in [3.8, 4) is 5.75 Å². The monoisotopic (exact) mass is 263 g/mol. The number of methoxy groups -OCH3 is 1. The first-order valence-corrected chi connectivity index (χ1v) is 6.91. The molecule has 1 aromatic carbocycles. The van der Waals surface area contributed by atoms with Crippen molar-refractivity contribution in [1.29, 1.82) is 0 Å². The second-order valence-electron chi connectivity index (χ2n) is 5.32. The molecule has 1 aliphatic heterocycles. The molecule has 4 nitrogen and oxygen atoms in total. The third-order valence-electron chi connectivity index (χ3n) is 3.83. The molecular weight excluding hydrogens is 238 g/mol. The summed E-state index contributed by atoms with van der Waals surface area (Å²) in [6, 6.07) is 4.34. The van der Waals surface area contributed by atoms with Crippen LogP contribution >= 0.6 is 0 Å². The van der Waals surface area contributed by atoms with Gasteiger partial charge >= 0.3 is 0 Å². The Kier molecular flexibility index (Phi) is 4.66. The fourth-order valence-corrected chi connectivity index (χ4v) is 2.47. The van der Waals surface area contributed by atoms with Crippen LogP contribution in [0.1, 0.15) is 11.1 Å². The third kappa shape index (κ3) is 3.39. The predicted molar refractivity (Wildman–Crippen MR) is 80.2 cm³/mol. The van der Waals surface area contributed by atoms with Gasteiger partial charge in [-0.2, -0.15) is 0 Å². The number of nitrogens with zero attached hydrogens (tertiary/aromatic N) is 2. The molecule has 0 amide bonds. The molecule has 0 saturated carbocycles. The first-order chi connectivity index (χ1) is 9.11. The normalized spacial score (nSPS) is 16.4. The van der Waals surface area contributed by atoms with Crippen LogP contribution in [0, 0.1) is 13.8 Å². The number of hydrogen-bond donors (Lipinski definition) is 1. The van der Waals surface area contributed by atoms with Crippen LogP contribution in [0.3, 0.4) is 0 Å². The van der Waals surface area contributed by atoms with Gasteiger partial charge in [-0.05, 0) is 37.1 Å². The lowest BCUT2D eigenvalue weighted by atomic mass is 10.1. The summed E-state index contributed by atoms with van der Waals surface area (Å²) >= 11 is 0. The molecular formula is C15H25N3O. The van der Waals surface area contributed by atoms with Crippen LogP contribution in [0.15, 0.2) is 12.1 Å². The molecule has 106 valence electrons. The molecule has 0 aliphatic carbocycles. The first-order valence-electron chi connectivity index (χ1n) is 6.91. The molecule has 19 heavy (non-hydrogen) atoms. The van der Waals surface area contributed by atoms with Crippen LogP contribution in [0.4, 0.5) is 5.69 Å². The fourth-order valence-electron chi connectivity index (χ4n) is 2.47. The fraction of sp³-hybridized carbons (Fsp3) is 0.600. The van der Waals surface area contributed by atoms with Crippen molar-refractivity contribution in [2.75, 3.05) is 51.9 Å². The van der Waals surface area contributed by atoms with E-state index in [0.717, 1.165) is 38.6 Å². The van der Waals surface area contributed by atoms with Crippen LogP contribution in [-0.4, -0.2) is 51.9 Å². The summed E-state index contributed by atoms with van der Waals surface area (Å²) < 4.78 is 5.52. The Morgan fingerprint density at radius 1 is 1.21 bits per heavy atom. The zero-order chi connectivity index (χ0) is 13.8. The SMILES string of the molecule is COc1cc(C)c(C)cc1N(C)CN1CCNCC1. The molecule has 0 unspecified atom stereocenters. The maximum atomic E-state index is 5.52. The summed E-state index contributed by atoms with van der Waals surface area (Å²) in [6.45, 7) is 9.60. The van der Waals surface area contributed by atoms with Crippen molar-refractivity contribution < 1.29 is 4.74 Å². The highest BCUT2D eigenvalue weighted by Gasteiger charge is 2.15. The van der Waals surface area contributed by atoms with E-state index in [-0.39, 0.29) is 0 Å². The second kappa shape index (κ2) is 6.26. The summed E-state index contributed by atoms with van der Waals surface area (Å²) in [5.74, 6) is 0.959. The number of hydrogen-bond acceptors (Lipinski definition) is 4. The molecule has 1 aliphatic rings. The van der Waals surface area contributed by atoms with Crippen molar-refractivity contribution in [2.24, 2.45) is 0 Å². The average Bonchev–Trinajstić information content (AvgIpc) is 2.42. The number of benzene rings is 1. The Balaban J connectivity index is 2.13. The van der Waals surface area contributed by atoms with E-state index in [1.165, 1.54) is 16.8 Å². The standard InChI is InChI=1S/C15H25N3O/c1-12-9-14(15(19-4)10-13(12)2)17(3)11-18-7-5-16-6-8-18/h9-10,16H,5-8,11H2,1-4H3. The largest absolute Gasteiger partial charge is 0.495 e. The molecule has 1 saturated heterocycles. The minimum absolute atomic E-state index is 0.945. The van der Waals surface area contributed by atoms with Crippen LogP contribution < -0.4 is 15.0 Å². The van der Waals surface area contributed by atoms with Gasteiger partial charge in [0, 0.05) is 33.2 Å². The lowest BCUT2D eigenvalue weighted by Crippen LogP contribution is -2.47. The Bertz CT molecular complexity index is 428. The van der Waals surface area contributed by atoms with Crippen LogP contribution in [0.5, 0.6) is 5.75 Å².